The number of fused-ring (bicyclic) bond motifs is 1. The van der Waals surface area contributed by atoms with Crippen LogP contribution in [-0.4, -0.2) is 34.6 Å². The monoisotopic (exact) mass is 455 g/mol. The zero-order valence-corrected chi connectivity index (χ0v) is 17.0. The maximum atomic E-state index is 13.5. The first-order valence-corrected chi connectivity index (χ1v) is 10.3. The van der Waals surface area contributed by atoms with Crippen LogP contribution in [0.25, 0.3) is 10.9 Å². The van der Waals surface area contributed by atoms with Gasteiger partial charge in [-0.05, 0) is 62.9 Å². The molecule has 1 atom stereocenters. The fourth-order valence-corrected chi connectivity index (χ4v) is 4.28. The van der Waals surface area contributed by atoms with Gasteiger partial charge < -0.3 is 10.0 Å². The molecule has 0 amide bonds. The lowest BCUT2D eigenvalue weighted by molar-refractivity contribution is -0.142. The third-order valence-corrected chi connectivity index (χ3v) is 5.84. The van der Waals surface area contributed by atoms with E-state index in [4.69, 9.17) is 0 Å². The normalized spacial score (nSPS) is 20.8. The van der Waals surface area contributed by atoms with E-state index in [2.05, 4.69) is 9.88 Å². The van der Waals surface area contributed by atoms with Crippen LogP contribution >= 0.6 is 0 Å². The molecule has 2 heterocycles. The third-order valence-electron chi connectivity index (χ3n) is 5.84. The average molecular weight is 455 g/mol. The standard InChI is InChI=1S/C23H21F6N2O/c24-22(25,26)18-9-5-8-16-17(12-19(23(27,28)29)30-20(16)18)21(32)15-7-4-6-14(15)13-31-10-2-1-3-11-31/h4-9,12,21,32H,1-3,10-11,13H2/t21-/m1/s1. The first kappa shape index (κ1) is 23.3. The van der Waals surface area contributed by atoms with Gasteiger partial charge in [-0.3, -0.25) is 0 Å². The molecule has 1 saturated heterocycles. The molecule has 1 aliphatic heterocycles. The van der Waals surface area contributed by atoms with Gasteiger partial charge in [-0.25, -0.2) is 4.98 Å². The van der Waals surface area contributed by atoms with Crippen LogP contribution in [0.4, 0.5) is 26.3 Å². The van der Waals surface area contributed by atoms with Gasteiger partial charge in [-0.15, -0.1) is 0 Å². The second-order valence-corrected chi connectivity index (χ2v) is 8.04. The number of para-hydroxylation sites is 1. The van der Waals surface area contributed by atoms with Crippen molar-refractivity contribution in [3.05, 3.63) is 72.2 Å². The molecule has 171 valence electrons. The second-order valence-electron chi connectivity index (χ2n) is 8.04. The maximum Gasteiger partial charge on any atom is 0.433 e. The van der Waals surface area contributed by atoms with Crippen LogP contribution in [0.2, 0.25) is 0 Å². The Morgan fingerprint density at radius 3 is 2.34 bits per heavy atom. The Morgan fingerprint density at radius 2 is 1.69 bits per heavy atom. The number of halogens is 6. The second kappa shape index (κ2) is 8.82. The van der Waals surface area contributed by atoms with E-state index in [1.807, 2.05) is 0 Å². The minimum Gasteiger partial charge on any atom is -0.388 e. The Labute approximate surface area is 182 Å². The van der Waals surface area contributed by atoms with Crippen molar-refractivity contribution in [2.24, 2.45) is 0 Å². The lowest BCUT2D eigenvalue weighted by atomic mass is 9.84. The molecular weight excluding hydrogens is 434 g/mol. The Morgan fingerprint density at radius 1 is 0.969 bits per heavy atom. The van der Waals surface area contributed by atoms with Gasteiger partial charge in [0.05, 0.1) is 17.2 Å². The van der Waals surface area contributed by atoms with Crippen LogP contribution in [0.1, 0.15) is 42.2 Å². The summed E-state index contributed by atoms with van der Waals surface area (Å²) in [7, 11) is 0. The summed E-state index contributed by atoms with van der Waals surface area (Å²) in [6.07, 6.45) is -3.10. The zero-order valence-electron chi connectivity index (χ0n) is 17.0. The van der Waals surface area contributed by atoms with Gasteiger partial charge in [0.15, 0.2) is 0 Å². The molecule has 5 radical (unpaired) electrons. The number of pyridine rings is 1. The van der Waals surface area contributed by atoms with Crippen LogP contribution in [0.15, 0.2) is 24.3 Å². The molecule has 3 nitrogen and oxygen atoms in total. The molecule has 1 aliphatic carbocycles. The molecule has 2 aliphatic rings. The number of aromatic nitrogens is 1. The predicted molar refractivity (Wildman–Crippen MR) is 106 cm³/mol. The number of piperidine rings is 1. The van der Waals surface area contributed by atoms with E-state index in [1.165, 1.54) is 6.07 Å². The van der Waals surface area contributed by atoms with Crippen LogP contribution in [0.5, 0.6) is 0 Å². The molecule has 0 spiro atoms. The van der Waals surface area contributed by atoms with Crippen molar-refractivity contribution in [3.8, 4) is 0 Å². The Hall–Kier alpha value is -1.87. The number of hydrogen-bond acceptors (Lipinski definition) is 3. The molecule has 0 bridgehead atoms. The molecule has 1 aromatic carbocycles. The molecule has 1 saturated carbocycles. The lowest BCUT2D eigenvalue weighted by Crippen LogP contribution is -2.35. The molecular formula is C23H21F6N2O. The van der Waals surface area contributed by atoms with Crippen molar-refractivity contribution < 1.29 is 31.4 Å². The number of rotatable bonds is 4. The number of aliphatic hydroxyl groups is 1. The summed E-state index contributed by atoms with van der Waals surface area (Å²) in [6.45, 7) is 2.28. The topological polar surface area (TPSA) is 36.4 Å². The van der Waals surface area contributed by atoms with E-state index in [1.54, 1.807) is 19.3 Å². The molecule has 32 heavy (non-hydrogen) atoms. The number of aliphatic hydroxyl groups excluding tert-OH is 1. The van der Waals surface area contributed by atoms with E-state index in [0.717, 1.165) is 44.3 Å². The molecule has 1 aromatic heterocycles. The lowest BCUT2D eigenvalue weighted by Gasteiger charge is -2.32. The minimum absolute atomic E-state index is 0.162. The number of likely N-dealkylation sites (tertiary alicyclic amines) is 1. The van der Waals surface area contributed by atoms with Crippen molar-refractivity contribution in [1.29, 1.82) is 0 Å². The molecule has 1 N–H and O–H groups in total. The third kappa shape index (κ3) is 4.73. The molecule has 0 unspecified atom stereocenters. The molecule has 2 fully saturated rings. The Bertz CT molecular complexity index is 952. The van der Waals surface area contributed by atoms with Crippen LogP contribution in [0.3, 0.4) is 0 Å². The number of hydrogen-bond donors (Lipinski definition) is 1. The summed E-state index contributed by atoms with van der Waals surface area (Å²) < 4.78 is 80.9. The van der Waals surface area contributed by atoms with E-state index in [9.17, 15) is 31.4 Å². The zero-order chi connectivity index (χ0) is 23.1. The predicted octanol–water partition coefficient (Wildman–Crippen LogP) is 5.57. The van der Waals surface area contributed by atoms with Gasteiger partial charge in [-0.2, -0.15) is 26.3 Å². The highest BCUT2D eigenvalue weighted by atomic mass is 19.4. The van der Waals surface area contributed by atoms with E-state index in [-0.39, 0.29) is 10.9 Å². The highest BCUT2D eigenvalue weighted by Crippen LogP contribution is 2.46. The number of benzene rings is 1. The summed E-state index contributed by atoms with van der Waals surface area (Å²) in [6, 6.07) is 3.69. The SMILES string of the molecule is O[C@H]([C]1[CH][CH][CH][C]1CN1CCCCC1)c1cc(C(F)(F)F)nc2c(C(F)(F)F)cccc12. The van der Waals surface area contributed by atoms with Crippen molar-refractivity contribution in [1.82, 2.24) is 9.88 Å². The van der Waals surface area contributed by atoms with Crippen LogP contribution < -0.4 is 0 Å². The van der Waals surface area contributed by atoms with Crippen LogP contribution in [-0.2, 0) is 12.4 Å². The maximum absolute atomic E-state index is 13.5. The van der Waals surface area contributed by atoms with Crippen molar-refractivity contribution in [2.45, 2.75) is 37.7 Å². The smallest absolute Gasteiger partial charge is 0.388 e. The van der Waals surface area contributed by atoms with Crippen molar-refractivity contribution in [2.75, 3.05) is 19.6 Å². The first-order valence-electron chi connectivity index (χ1n) is 10.3. The summed E-state index contributed by atoms with van der Waals surface area (Å²) in [5.41, 5.74) is -3.82. The quantitative estimate of drug-likeness (QED) is 0.613. The fraction of sp³-hybridized carbons (Fsp3) is 0.391. The average Bonchev–Trinajstić information content (AvgIpc) is 3.19. The summed E-state index contributed by atoms with van der Waals surface area (Å²) in [4.78, 5) is 5.49. The summed E-state index contributed by atoms with van der Waals surface area (Å²) in [5.74, 6) is 1.12. The number of alkyl halides is 6. The molecule has 4 rings (SSSR count). The molecule has 2 aromatic rings. The number of nitrogens with zero attached hydrogens (tertiary/aromatic N) is 2. The highest BCUT2D eigenvalue weighted by Gasteiger charge is 2.41. The van der Waals surface area contributed by atoms with E-state index < -0.39 is 35.2 Å². The van der Waals surface area contributed by atoms with E-state index >= 15 is 0 Å². The highest BCUT2D eigenvalue weighted by molar-refractivity contribution is 5.86. The van der Waals surface area contributed by atoms with Gasteiger partial charge >= 0.3 is 12.4 Å². The van der Waals surface area contributed by atoms with Crippen molar-refractivity contribution >= 4 is 10.9 Å². The van der Waals surface area contributed by atoms with E-state index in [0.29, 0.717) is 24.6 Å². The fourth-order valence-electron chi connectivity index (χ4n) is 4.28. The Kier molecular flexibility index (Phi) is 6.42. The van der Waals surface area contributed by atoms with Gasteiger partial charge in [0.1, 0.15) is 5.69 Å². The Balaban J connectivity index is 1.75. The minimum atomic E-state index is -4.97. The van der Waals surface area contributed by atoms with Gasteiger partial charge in [0.25, 0.3) is 0 Å². The molecule has 9 heteroatoms. The van der Waals surface area contributed by atoms with Gasteiger partial charge in [0, 0.05) is 23.8 Å². The largest absolute Gasteiger partial charge is 0.433 e. The summed E-state index contributed by atoms with van der Waals surface area (Å²) >= 11 is 0. The van der Waals surface area contributed by atoms with Gasteiger partial charge in [0.2, 0.25) is 0 Å². The summed E-state index contributed by atoms with van der Waals surface area (Å²) in [5, 5.41) is 10.9. The van der Waals surface area contributed by atoms with Crippen molar-refractivity contribution in [3.63, 3.8) is 0 Å². The van der Waals surface area contributed by atoms with Crippen LogP contribution in [0, 0.1) is 31.1 Å². The first-order chi connectivity index (χ1) is 15.1. The van der Waals surface area contributed by atoms with Gasteiger partial charge in [-0.1, -0.05) is 18.6 Å².